The number of aromatic nitrogens is 1. The zero-order valence-electron chi connectivity index (χ0n) is 18.3. The molecule has 34 heavy (non-hydrogen) atoms. The van der Waals surface area contributed by atoms with Gasteiger partial charge < -0.3 is 0 Å². The fraction of sp³-hybridized carbons (Fsp3) is 0. The first kappa shape index (κ1) is 18.8. The lowest BCUT2D eigenvalue weighted by Gasteiger charge is -2.12. The minimum atomic E-state index is 0.670. The average molecular weight is 431 g/mol. The van der Waals surface area contributed by atoms with Crippen molar-refractivity contribution in [3.63, 3.8) is 0 Å². The lowest BCUT2D eigenvalue weighted by molar-refractivity contribution is 1.36. The lowest BCUT2D eigenvalue weighted by atomic mass is 9.94. The summed E-state index contributed by atoms with van der Waals surface area (Å²) in [6.07, 6.45) is 1.92. The Morgan fingerprint density at radius 1 is 0.500 bits per heavy atom. The Morgan fingerprint density at radius 2 is 1.12 bits per heavy atom. The highest BCUT2D eigenvalue weighted by Gasteiger charge is 2.11. The molecule has 156 valence electrons. The molecule has 1 aromatic heterocycles. The lowest BCUT2D eigenvalue weighted by Crippen LogP contribution is -1.88. The third-order valence-electron chi connectivity index (χ3n) is 6.89. The highest BCUT2D eigenvalue weighted by molar-refractivity contribution is 6.19. The normalized spacial score (nSPS) is 11.5. The molecule has 0 spiro atoms. The summed E-state index contributed by atoms with van der Waals surface area (Å²) in [5.41, 5.74) is 2.77. The third-order valence-corrected chi connectivity index (χ3v) is 6.89. The monoisotopic (exact) mass is 430 g/mol. The fourth-order valence-corrected chi connectivity index (χ4v) is 5.26. The summed E-state index contributed by atoms with van der Waals surface area (Å²) in [5, 5.41) is 12.1. The Hall–Kier alpha value is -4.74. The van der Waals surface area contributed by atoms with Crippen molar-refractivity contribution in [1.82, 2.24) is 4.98 Å². The summed E-state index contributed by atoms with van der Waals surface area (Å²) in [4.78, 5) is 8.37. The van der Waals surface area contributed by atoms with E-state index in [4.69, 9.17) is 11.6 Å². The molecule has 0 saturated heterocycles. The Balaban J connectivity index is 1.46. The quantitative estimate of drug-likeness (QED) is 0.187. The highest BCUT2D eigenvalue weighted by atomic mass is 14.7. The van der Waals surface area contributed by atoms with Gasteiger partial charge in [-0.25, -0.2) is 4.85 Å². The zero-order valence-corrected chi connectivity index (χ0v) is 18.3. The van der Waals surface area contributed by atoms with Gasteiger partial charge in [-0.1, -0.05) is 84.9 Å². The average Bonchev–Trinajstić information content (AvgIpc) is 2.91. The van der Waals surface area contributed by atoms with Crippen molar-refractivity contribution < 1.29 is 0 Å². The standard InChI is InChI=1S/C32H18N2/c1-33-24-10-13-27-22(19-24)7-6-21-18-23(9-11-26(21)27)32-31-15-14-28-25-5-3-2-4-20(25)8-12-29(28)30(31)16-17-34-32/h2-19H. The molecule has 0 aliphatic carbocycles. The summed E-state index contributed by atoms with van der Waals surface area (Å²) >= 11 is 0. The number of benzene rings is 6. The van der Waals surface area contributed by atoms with E-state index in [-0.39, 0.29) is 0 Å². The Kier molecular flexibility index (Phi) is 3.94. The summed E-state index contributed by atoms with van der Waals surface area (Å²) in [6, 6.07) is 36.3. The molecule has 1 heterocycles. The van der Waals surface area contributed by atoms with E-state index >= 15 is 0 Å². The van der Waals surface area contributed by atoms with Crippen molar-refractivity contribution in [3.8, 4) is 11.3 Å². The smallest absolute Gasteiger partial charge is 0.187 e. The van der Waals surface area contributed by atoms with E-state index in [1.807, 2.05) is 18.3 Å². The first-order valence-corrected chi connectivity index (χ1v) is 11.3. The predicted molar refractivity (Wildman–Crippen MR) is 143 cm³/mol. The van der Waals surface area contributed by atoms with Gasteiger partial charge in [0.2, 0.25) is 0 Å². The minimum Gasteiger partial charge on any atom is -0.256 e. The van der Waals surface area contributed by atoms with E-state index in [2.05, 4.69) is 95.8 Å². The van der Waals surface area contributed by atoms with E-state index in [0.29, 0.717) is 5.69 Å². The molecule has 0 bridgehead atoms. The van der Waals surface area contributed by atoms with E-state index < -0.39 is 0 Å². The molecule has 0 atom stereocenters. The Morgan fingerprint density at radius 3 is 2.00 bits per heavy atom. The molecule has 7 aromatic rings. The number of fused-ring (bicyclic) bond motifs is 8. The molecule has 2 nitrogen and oxygen atoms in total. The molecular formula is C32H18N2. The molecule has 0 N–H and O–H groups in total. The molecule has 0 saturated carbocycles. The molecule has 2 heteroatoms. The van der Waals surface area contributed by atoms with Crippen molar-refractivity contribution in [2.24, 2.45) is 0 Å². The topological polar surface area (TPSA) is 17.2 Å². The molecule has 0 amide bonds. The van der Waals surface area contributed by atoms with Gasteiger partial charge in [0.05, 0.1) is 12.3 Å². The van der Waals surface area contributed by atoms with E-state index in [1.54, 1.807) is 0 Å². The van der Waals surface area contributed by atoms with Crippen LogP contribution in [0.1, 0.15) is 0 Å². The van der Waals surface area contributed by atoms with Crippen molar-refractivity contribution in [2.75, 3.05) is 0 Å². The van der Waals surface area contributed by atoms with Gasteiger partial charge in [-0.15, -0.1) is 0 Å². The number of hydrogen-bond donors (Lipinski definition) is 0. The molecule has 0 unspecified atom stereocenters. The van der Waals surface area contributed by atoms with Crippen LogP contribution in [-0.4, -0.2) is 4.98 Å². The SMILES string of the molecule is [C-]#[N+]c1ccc2c(ccc3cc(-c4nccc5c4ccc4c6ccccc6ccc54)ccc32)c1. The molecule has 6 aromatic carbocycles. The van der Waals surface area contributed by atoms with E-state index in [9.17, 15) is 0 Å². The molecule has 0 fully saturated rings. The number of pyridine rings is 1. The van der Waals surface area contributed by atoms with E-state index in [1.165, 1.54) is 43.1 Å². The molecule has 7 rings (SSSR count). The van der Waals surface area contributed by atoms with Gasteiger partial charge in [0.1, 0.15) is 0 Å². The summed E-state index contributed by atoms with van der Waals surface area (Å²) in [6.45, 7) is 7.28. The van der Waals surface area contributed by atoms with Crippen LogP contribution in [0, 0.1) is 6.57 Å². The maximum atomic E-state index is 7.28. The van der Waals surface area contributed by atoms with Gasteiger partial charge in [0.15, 0.2) is 5.69 Å². The van der Waals surface area contributed by atoms with Gasteiger partial charge in [-0.3, -0.25) is 4.98 Å². The van der Waals surface area contributed by atoms with Crippen LogP contribution in [0.3, 0.4) is 0 Å². The number of nitrogens with zero attached hydrogens (tertiary/aromatic N) is 2. The van der Waals surface area contributed by atoms with Crippen LogP contribution in [0.5, 0.6) is 0 Å². The Labute approximate surface area is 196 Å². The minimum absolute atomic E-state index is 0.670. The zero-order chi connectivity index (χ0) is 22.6. The number of hydrogen-bond acceptors (Lipinski definition) is 1. The maximum absolute atomic E-state index is 7.28. The highest BCUT2D eigenvalue weighted by Crippen LogP contribution is 2.36. The van der Waals surface area contributed by atoms with Crippen molar-refractivity contribution in [2.45, 2.75) is 0 Å². The van der Waals surface area contributed by atoms with Crippen molar-refractivity contribution in [1.29, 1.82) is 0 Å². The van der Waals surface area contributed by atoms with Crippen molar-refractivity contribution >= 4 is 59.5 Å². The van der Waals surface area contributed by atoms with Crippen LogP contribution in [-0.2, 0) is 0 Å². The van der Waals surface area contributed by atoms with Gasteiger partial charge >= 0.3 is 0 Å². The van der Waals surface area contributed by atoms with Crippen LogP contribution < -0.4 is 0 Å². The molecule has 0 aliphatic rings. The second-order valence-electron chi connectivity index (χ2n) is 8.72. The first-order valence-electron chi connectivity index (χ1n) is 11.3. The van der Waals surface area contributed by atoms with Crippen LogP contribution in [0.25, 0.3) is 70.0 Å². The second-order valence-corrected chi connectivity index (χ2v) is 8.72. The second kappa shape index (κ2) is 7.13. The third kappa shape index (κ3) is 2.71. The van der Waals surface area contributed by atoms with Crippen LogP contribution in [0.2, 0.25) is 0 Å². The molecular weight excluding hydrogens is 412 g/mol. The Bertz CT molecular complexity index is 1980. The molecule has 0 aliphatic heterocycles. The fourth-order valence-electron chi connectivity index (χ4n) is 5.26. The summed E-state index contributed by atoms with van der Waals surface area (Å²) in [5.74, 6) is 0. The van der Waals surface area contributed by atoms with Crippen LogP contribution in [0.4, 0.5) is 5.69 Å². The predicted octanol–water partition coefficient (Wildman–Crippen LogP) is 9.07. The van der Waals surface area contributed by atoms with Gasteiger partial charge in [0, 0.05) is 17.1 Å². The van der Waals surface area contributed by atoms with Crippen LogP contribution in [0.15, 0.2) is 109 Å². The maximum Gasteiger partial charge on any atom is 0.187 e. The first-order chi connectivity index (χ1) is 16.8. The van der Waals surface area contributed by atoms with E-state index in [0.717, 1.165) is 22.0 Å². The van der Waals surface area contributed by atoms with Crippen LogP contribution >= 0.6 is 0 Å². The van der Waals surface area contributed by atoms with Gasteiger partial charge in [-0.05, 0) is 66.7 Å². The number of rotatable bonds is 1. The van der Waals surface area contributed by atoms with Gasteiger partial charge in [0.25, 0.3) is 0 Å². The molecule has 0 radical (unpaired) electrons. The van der Waals surface area contributed by atoms with Crippen molar-refractivity contribution in [3.05, 3.63) is 121 Å². The van der Waals surface area contributed by atoms with Gasteiger partial charge in [-0.2, -0.15) is 0 Å². The summed E-state index contributed by atoms with van der Waals surface area (Å²) in [7, 11) is 0. The summed E-state index contributed by atoms with van der Waals surface area (Å²) < 4.78 is 0. The largest absolute Gasteiger partial charge is 0.256 e.